The van der Waals surface area contributed by atoms with Gasteiger partial charge in [0.25, 0.3) is 0 Å². The van der Waals surface area contributed by atoms with Gasteiger partial charge in [-0.15, -0.1) is 0 Å². The van der Waals surface area contributed by atoms with Crippen molar-refractivity contribution in [3.8, 4) is 0 Å². The van der Waals surface area contributed by atoms with Gasteiger partial charge in [-0.05, 0) is 19.3 Å². The van der Waals surface area contributed by atoms with E-state index in [-0.39, 0.29) is 6.61 Å². The first kappa shape index (κ1) is 14.2. The van der Waals surface area contributed by atoms with Crippen LogP contribution in [0, 0.1) is 0 Å². The van der Waals surface area contributed by atoms with Gasteiger partial charge < -0.3 is 15.2 Å². The number of aliphatic carboxylic acids is 1. The van der Waals surface area contributed by atoms with E-state index in [4.69, 9.17) is 9.84 Å². The van der Waals surface area contributed by atoms with Crippen LogP contribution in [0.5, 0.6) is 0 Å². The van der Waals surface area contributed by atoms with Gasteiger partial charge in [0.05, 0.1) is 0 Å². The molecule has 5 heteroatoms. The molecule has 16 heavy (non-hydrogen) atoms. The largest absolute Gasteiger partial charge is 0.478 e. The number of carbonyl (C=O) groups excluding carboxylic acids is 1. The molecule has 0 saturated carbocycles. The van der Waals surface area contributed by atoms with E-state index in [1.165, 1.54) is 6.08 Å². The molecule has 0 spiro atoms. The van der Waals surface area contributed by atoms with Crippen LogP contribution in [0.25, 0.3) is 0 Å². The minimum Gasteiger partial charge on any atom is -0.478 e. The second-order valence-corrected chi connectivity index (χ2v) is 3.05. The highest BCUT2D eigenvalue weighted by Gasteiger charge is 1.97. The average molecular weight is 227 g/mol. The predicted octanol–water partition coefficient (Wildman–Crippen LogP) is 1.71. The highest BCUT2D eigenvalue weighted by Crippen LogP contribution is 1.95. The molecular weight excluding hydrogens is 210 g/mol. The van der Waals surface area contributed by atoms with Crippen molar-refractivity contribution in [2.75, 3.05) is 13.2 Å². The van der Waals surface area contributed by atoms with Gasteiger partial charge in [-0.2, -0.15) is 0 Å². The summed E-state index contributed by atoms with van der Waals surface area (Å²) in [5, 5.41) is 10.9. The third-order valence-corrected chi connectivity index (χ3v) is 1.66. The number of carboxylic acids is 1. The molecule has 0 fully saturated rings. The zero-order chi connectivity index (χ0) is 12.2. The number of unbranched alkanes of at least 4 members (excludes halogenated alkanes) is 2. The molecular formula is C11H17NO4. The molecule has 0 aliphatic heterocycles. The highest BCUT2D eigenvalue weighted by molar-refractivity contribution is 5.79. The molecule has 0 rings (SSSR count). The van der Waals surface area contributed by atoms with Crippen LogP contribution in [-0.2, 0) is 9.53 Å². The van der Waals surface area contributed by atoms with E-state index >= 15 is 0 Å². The van der Waals surface area contributed by atoms with E-state index < -0.39 is 12.1 Å². The zero-order valence-corrected chi connectivity index (χ0v) is 9.15. The second-order valence-electron chi connectivity index (χ2n) is 3.05. The monoisotopic (exact) mass is 227 g/mol. The lowest BCUT2D eigenvalue weighted by molar-refractivity contribution is -0.131. The smallest absolute Gasteiger partial charge is 0.407 e. The molecule has 0 unspecified atom stereocenters. The van der Waals surface area contributed by atoms with Gasteiger partial charge in [-0.3, -0.25) is 0 Å². The lowest BCUT2D eigenvalue weighted by atomic mass is 10.2. The highest BCUT2D eigenvalue weighted by atomic mass is 16.5. The van der Waals surface area contributed by atoms with Crippen LogP contribution in [-0.4, -0.2) is 30.3 Å². The number of hydrogen-bond acceptors (Lipinski definition) is 3. The Hall–Kier alpha value is -1.78. The first-order chi connectivity index (χ1) is 7.66. The molecule has 0 atom stereocenters. The van der Waals surface area contributed by atoms with Crippen molar-refractivity contribution in [1.82, 2.24) is 5.32 Å². The Bertz CT molecular complexity index is 261. The van der Waals surface area contributed by atoms with Crippen LogP contribution in [0.3, 0.4) is 0 Å². The number of hydrogen-bond donors (Lipinski definition) is 2. The Kier molecular flexibility index (Phi) is 8.68. The first-order valence-electron chi connectivity index (χ1n) is 5.07. The molecule has 0 aromatic carbocycles. The molecule has 0 aliphatic rings. The molecule has 1 amide bonds. The molecule has 0 saturated heterocycles. The summed E-state index contributed by atoms with van der Waals surface area (Å²) in [7, 11) is 0. The maximum Gasteiger partial charge on any atom is 0.407 e. The summed E-state index contributed by atoms with van der Waals surface area (Å²) in [5.41, 5.74) is 0. The van der Waals surface area contributed by atoms with Gasteiger partial charge in [-0.25, -0.2) is 9.59 Å². The van der Waals surface area contributed by atoms with Crippen molar-refractivity contribution >= 4 is 12.1 Å². The average Bonchev–Trinajstić information content (AvgIpc) is 2.24. The fraction of sp³-hybridized carbons (Fsp3) is 0.455. The topological polar surface area (TPSA) is 75.6 Å². The van der Waals surface area contributed by atoms with E-state index in [0.717, 1.165) is 18.9 Å². The summed E-state index contributed by atoms with van der Waals surface area (Å²) in [6.07, 6.45) is 6.05. The number of amides is 1. The molecule has 0 aromatic rings. The Labute approximate surface area is 94.8 Å². The van der Waals surface area contributed by atoms with Crippen molar-refractivity contribution in [2.45, 2.75) is 19.3 Å². The number of ether oxygens (including phenoxy) is 1. The number of carbonyl (C=O) groups is 2. The summed E-state index contributed by atoms with van der Waals surface area (Å²) < 4.78 is 4.69. The SMILES string of the molecule is C=CCOC(=O)NCCCC/C=C/C(=O)O. The van der Waals surface area contributed by atoms with E-state index in [2.05, 4.69) is 11.9 Å². The van der Waals surface area contributed by atoms with Gasteiger partial charge in [0.1, 0.15) is 6.61 Å². The zero-order valence-electron chi connectivity index (χ0n) is 9.15. The molecule has 90 valence electrons. The predicted molar refractivity (Wildman–Crippen MR) is 60.2 cm³/mol. The van der Waals surface area contributed by atoms with Crippen molar-refractivity contribution < 1.29 is 19.4 Å². The second kappa shape index (κ2) is 9.76. The molecule has 5 nitrogen and oxygen atoms in total. The Balaban J connectivity index is 3.29. The van der Waals surface area contributed by atoms with Crippen LogP contribution in [0.2, 0.25) is 0 Å². The standard InChI is InChI=1S/C11H17NO4/c1-2-9-16-11(15)12-8-6-4-3-5-7-10(13)14/h2,5,7H,1,3-4,6,8-9H2,(H,12,15)(H,13,14)/b7-5+. The number of nitrogens with one attached hydrogen (secondary N) is 1. The van der Waals surface area contributed by atoms with Crippen molar-refractivity contribution in [1.29, 1.82) is 0 Å². The van der Waals surface area contributed by atoms with Crippen molar-refractivity contribution in [3.63, 3.8) is 0 Å². The molecule has 0 aliphatic carbocycles. The van der Waals surface area contributed by atoms with Gasteiger partial charge in [0.15, 0.2) is 0 Å². The fourth-order valence-electron chi connectivity index (χ4n) is 0.947. The van der Waals surface area contributed by atoms with Crippen LogP contribution < -0.4 is 5.32 Å². The maximum absolute atomic E-state index is 10.9. The molecule has 0 heterocycles. The molecule has 2 N–H and O–H groups in total. The quantitative estimate of drug-likeness (QED) is 0.376. The lowest BCUT2D eigenvalue weighted by Gasteiger charge is -2.03. The molecule has 0 radical (unpaired) electrons. The van der Waals surface area contributed by atoms with Crippen LogP contribution in [0.4, 0.5) is 4.79 Å². The maximum atomic E-state index is 10.9. The summed E-state index contributed by atoms with van der Waals surface area (Å²) in [6, 6.07) is 0. The fourth-order valence-corrected chi connectivity index (χ4v) is 0.947. The number of alkyl carbamates (subject to hydrolysis) is 1. The van der Waals surface area contributed by atoms with E-state index in [1.807, 2.05) is 0 Å². The lowest BCUT2D eigenvalue weighted by Crippen LogP contribution is -2.25. The van der Waals surface area contributed by atoms with Gasteiger partial charge >= 0.3 is 12.1 Å². The summed E-state index contributed by atoms with van der Waals surface area (Å²) in [5.74, 6) is -0.939. The van der Waals surface area contributed by atoms with E-state index in [0.29, 0.717) is 13.0 Å². The normalized spacial score (nSPS) is 10.0. The molecule has 0 aromatic heterocycles. The van der Waals surface area contributed by atoms with E-state index in [9.17, 15) is 9.59 Å². The van der Waals surface area contributed by atoms with Crippen LogP contribution in [0.15, 0.2) is 24.8 Å². The number of allylic oxidation sites excluding steroid dienone is 1. The van der Waals surface area contributed by atoms with Crippen molar-refractivity contribution in [2.24, 2.45) is 0 Å². The Morgan fingerprint density at radius 3 is 2.75 bits per heavy atom. The summed E-state index contributed by atoms with van der Waals surface area (Å²) >= 11 is 0. The minimum absolute atomic E-state index is 0.202. The van der Waals surface area contributed by atoms with Crippen LogP contribution in [0.1, 0.15) is 19.3 Å². The van der Waals surface area contributed by atoms with Crippen molar-refractivity contribution in [3.05, 3.63) is 24.8 Å². The van der Waals surface area contributed by atoms with Gasteiger partial charge in [-0.1, -0.05) is 18.7 Å². The van der Waals surface area contributed by atoms with E-state index in [1.54, 1.807) is 6.08 Å². The third kappa shape index (κ3) is 10.3. The minimum atomic E-state index is -0.939. The number of carboxylic acid groups (broad SMARTS) is 1. The van der Waals surface area contributed by atoms with Crippen LogP contribution >= 0.6 is 0 Å². The number of rotatable bonds is 8. The first-order valence-corrected chi connectivity index (χ1v) is 5.07. The van der Waals surface area contributed by atoms with Gasteiger partial charge in [0, 0.05) is 12.6 Å². The Morgan fingerprint density at radius 1 is 1.38 bits per heavy atom. The summed E-state index contributed by atoms with van der Waals surface area (Å²) in [4.78, 5) is 21.0. The molecule has 0 bridgehead atoms. The summed E-state index contributed by atoms with van der Waals surface area (Å²) in [6.45, 7) is 4.14. The Morgan fingerprint density at radius 2 is 2.12 bits per heavy atom. The third-order valence-electron chi connectivity index (χ3n) is 1.66. The van der Waals surface area contributed by atoms with Gasteiger partial charge in [0.2, 0.25) is 0 Å².